The molecule has 1 aromatic rings. The number of hydrogen-bond donors (Lipinski definition) is 2. The van der Waals surface area contributed by atoms with Crippen molar-refractivity contribution in [3.63, 3.8) is 0 Å². The zero-order chi connectivity index (χ0) is 14.6. The minimum atomic E-state index is -1.08. The van der Waals surface area contributed by atoms with E-state index in [0.717, 1.165) is 18.7 Å². The van der Waals surface area contributed by atoms with E-state index >= 15 is 0 Å². The maximum absolute atomic E-state index is 11.9. The van der Waals surface area contributed by atoms with Crippen molar-refractivity contribution in [2.24, 2.45) is 0 Å². The van der Waals surface area contributed by atoms with Crippen LogP contribution in [0.15, 0.2) is 30.3 Å². The Labute approximate surface area is 119 Å². The smallest absolute Gasteiger partial charge is 0.329 e. The second kappa shape index (κ2) is 6.35. The standard InChI is InChI=1S/C15H22N2O3/c1-12-10-17(8-9-20-12)11-15(16-2,14(18)19)13-6-4-3-5-7-13/h3-7,12,16H,8-11H2,1-2H3,(H,18,19). The molecule has 110 valence electrons. The third kappa shape index (κ3) is 3.00. The lowest BCUT2D eigenvalue weighted by Crippen LogP contribution is -2.57. The number of morpholine rings is 1. The summed E-state index contributed by atoms with van der Waals surface area (Å²) in [5.41, 5.74) is -0.313. The van der Waals surface area contributed by atoms with E-state index in [0.29, 0.717) is 13.2 Å². The van der Waals surface area contributed by atoms with Crippen LogP contribution in [0.25, 0.3) is 0 Å². The van der Waals surface area contributed by atoms with Crippen molar-refractivity contribution in [1.29, 1.82) is 0 Å². The summed E-state index contributed by atoms with van der Waals surface area (Å²) in [5, 5.41) is 12.8. The van der Waals surface area contributed by atoms with Crippen LogP contribution in [0.3, 0.4) is 0 Å². The number of rotatable bonds is 5. The molecular weight excluding hydrogens is 256 g/mol. The number of carboxylic acid groups (broad SMARTS) is 1. The maximum atomic E-state index is 11.9. The number of carbonyl (C=O) groups is 1. The first-order chi connectivity index (χ1) is 9.58. The molecule has 1 saturated heterocycles. The summed E-state index contributed by atoms with van der Waals surface area (Å²) in [6.07, 6.45) is 0.142. The van der Waals surface area contributed by atoms with Gasteiger partial charge >= 0.3 is 5.97 Å². The number of likely N-dealkylation sites (N-methyl/N-ethyl adjacent to an activating group) is 1. The van der Waals surface area contributed by atoms with Gasteiger partial charge in [0.25, 0.3) is 0 Å². The summed E-state index contributed by atoms with van der Waals surface area (Å²) in [6.45, 7) is 4.60. The fourth-order valence-electron chi connectivity index (χ4n) is 2.70. The van der Waals surface area contributed by atoms with Gasteiger partial charge in [-0.3, -0.25) is 4.90 Å². The first kappa shape index (κ1) is 15.0. The average Bonchev–Trinajstić information content (AvgIpc) is 2.45. The molecule has 0 aliphatic carbocycles. The van der Waals surface area contributed by atoms with Crippen molar-refractivity contribution in [3.05, 3.63) is 35.9 Å². The van der Waals surface area contributed by atoms with Crippen LogP contribution in [-0.2, 0) is 15.1 Å². The molecule has 5 nitrogen and oxygen atoms in total. The van der Waals surface area contributed by atoms with Crippen molar-refractivity contribution in [2.45, 2.75) is 18.6 Å². The molecular formula is C15H22N2O3. The third-order valence-corrected chi connectivity index (χ3v) is 3.84. The summed E-state index contributed by atoms with van der Waals surface area (Å²) in [7, 11) is 1.70. The Hall–Kier alpha value is -1.43. The fourth-order valence-corrected chi connectivity index (χ4v) is 2.70. The van der Waals surface area contributed by atoms with Gasteiger partial charge < -0.3 is 15.2 Å². The highest BCUT2D eigenvalue weighted by molar-refractivity contribution is 5.81. The highest BCUT2D eigenvalue weighted by Crippen LogP contribution is 2.23. The van der Waals surface area contributed by atoms with Crippen LogP contribution in [0, 0.1) is 0 Å². The van der Waals surface area contributed by atoms with Gasteiger partial charge in [0.2, 0.25) is 0 Å². The number of aliphatic carboxylic acids is 1. The molecule has 1 aliphatic heterocycles. The summed E-state index contributed by atoms with van der Waals surface area (Å²) in [6, 6.07) is 9.34. The molecule has 0 spiro atoms. The SMILES string of the molecule is CNC(CN1CCOC(C)C1)(C(=O)O)c1ccccc1. The second-order valence-electron chi connectivity index (χ2n) is 5.24. The number of nitrogens with one attached hydrogen (secondary N) is 1. The number of carboxylic acids is 1. The van der Waals surface area contributed by atoms with Crippen LogP contribution in [0.4, 0.5) is 0 Å². The van der Waals surface area contributed by atoms with Crippen LogP contribution in [0.2, 0.25) is 0 Å². The van der Waals surface area contributed by atoms with Gasteiger partial charge in [-0.1, -0.05) is 30.3 Å². The molecule has 5 heteroatoms. The molecule has 2 unspecified atom stereocenters. The fraction of sp³-hybridized carbons (Fsp3) is 0.533. The lowest BCUT2D eigenvalue weighted by atomic mass is 9.89. The Bertz CT molecular complexity index is 452. The Balaban J connectivity index is 2.25. The van der Waals surface area contributed by atoms with Crippen LogP contribution >= 0.6 is 0 Å². The molecule has 2 atom stereocenters. The number of ether oxygens (including phenoxy) is 1. The van der Waals surface area contributed by atoms with E-state index in [4.69, 9.17) is 4.74 Å². The first-order valence-corrected chi connectivity index (χ1v) is 6.90. The van der Waals surface area contributed by atoms with Crippen LogP contribution < -0.4 is 5.32 Å². The minimum Gasteiger partial charge on any atom is -0.480 e. The van der Waals surface area contributed by atoms with E-state index in [1.165, 1.54) is 0 Å². The molecule has 2 N–H and O–H groups in total. The van der Waals surface area contributed by atoms with Crippen LogP contribution in [-0.4, -0.2) is 55.4 Å². The Morgan fingerprint density at radius 2 is 2.20 bits per heavy atom. The molecule has 0 radical (unpaired) electrons. The van der Waals surface area contributed by atoms with Crippen LogP contribution in [0.5, 0.6) is 0 Å². The molecule has 0 aromatic heterocycles. The Morgan fingerprint density at radius 3 is 2.75 bits per heavy atom. The maximum Gasteiger partial charge on any atom is 0.329 e. The minimum absolute atomic E-state index is 0.142. The predicted molar refractivity (Wildman–Crippen MR) is 76.7 cm³/mol. The first-order valence-electron chi connectivity index (χ1n) is 6.90. The van der Waals surface area contributed by atoms with Crippen molar-refractivity contribution < 1.29 is 14.6 Å². The second-order valence-corrected chi connectivity index (χ2v) is 5.24. The van der Waals surface area contributed by atoms with Crippen molar-refractivity contribution >= 4 is 5.97 Å². The van der Waals surface area contributed by atoms with Crippen molar-refractivity contribution in [2.75, 3.05) is 33.3 Å². The van der Waals surface area contributed by atoms with Gasteiger partial charge in [0, 0.05) is 19.6 Å². The third-order valence-electron chi connectivity index (χ3n) is 3.84. The highest BCUT2D eigenvalue weighted by Gasteiger charge is 2.41. The molecule has 0 bridgehead atoms. The Morgan fingerprint density at radius 1 is 1.50 bits per heavy atom. The normalized spacial score (nSPS) is 23.2. The van der Waals surface area contributed by atoms with Gasteiger partial charge in [-0.05, 0) is 19.5 Å². The van der Waals surface area contributed by atoms with E-state index in [2.05, 4.69) is 10.2 Å². The largest absolute Gasteiger partial charge is 0.480 e. The quantitative estimate of drug-likeness (QED) is 0.838. The molecule has 1 fully saturated rings. The summed E-state index contributed by atoms with van der Waals surface area (Å²) in [5.74, 6) is -0.856. The van der Waals surface area contributed by atoms with Gasteiger partial charge in [-0.15, -0.1) is 0 Å². The average molecular weight is 278 g/mol. The van der Waals surface area contributed by atoms with E-state index in [1.54, 1.807) is 7.05 Å². The molecule has 1 aromatic carbocycles. The number of benzene rings is 1. The lowest BCUT2D eigenvalue weighted by molar-refractivity contribution is -0.147. The molecule has 2 rings (SSSR count). The molecule has 0 saturated carbocycles. The van der Waals surface area contributed by atoms with E-state index in [9.17, 15) is 9.90 Å². The number of nitrogens with zero attached hydrogens (tertiary/aromatic N) is 1. The zero-order valence-corrected chi connectivity index (χ0v) is 12.0. The van der Waals surface area contributed by atoms with E-state index in [1.807, 2.05) is 37.3 Å². The Kier molecular flexibility index (Phi) is 4.75. The summed E-state index contributed by atoms with van der Waals surface area (Å²) >= 11 is 0. The van der Waals surface area contributed by atoms with Gasteiger partial charge in [0.15, 0.2) is 5.54 Å². The topological polar surface area (TPSA) is 61.8 Å². The van der Waals surface area contributed by atoms with Crippen molar-refractivity contribution in [3.8, 4) is 0 Å². The monoisotopic (exact) mass is 278 g/mol. The van der Waals surface area contributed by atoms with Gasteiger partial charge in [-0.2, -0.15) is 0 Å². The molecule has 1 heterocycles. The van der Waals surface area contributed by atoms with E-state index in [-0.39, 0.29) is 6.10 Å². The van der Waals surface area contributed by atoms with Gasteiger partial charge in [-0.25, -0.2) is 4.79 Å². The lowest BCUT2D eigenvalue weighted by Gasteiger charge is -2.38. The van der Waals surface area contributed by atoms with Gasteiger partial charge in [0.1, 0.15) is 0 Å². The highest BCUT2D eigenvalue weighted by atomic mass is 16.5. The molecule has 20 heavy (non-hydrogen) atoms. The summed E-state index contributed by atoms with van der Waals surface area (Å²) in [4.78, 5) is 14.0. The van der Waals surface area contributed by atoms with Crippen molar-refractivity contribution in [1.82, 2.24) is 10.2 Å². The predicted octanol–water partition coefficient (Wildman–Crippen LogP) is 0.907. The number of hydrogen-bond acceptors (Lipinski definition) is 4. The van der Waals surface area contributed by atoms with Gasteiger partial charge in [0.05, 0.1) is 12.7 Å². The van der Waals surface area contributed by atoms with E-state index < -0.39 is 11.5 Å². The molecule has 1 aliphatic rings. The molecule has 0 amide bonds. The summed E-state index contributed by atoms with van der Waals surface area (Å²) < 4.78 is 5.51. The van der Waals surface area contributed by atoms with Crippen LogP contribution in [0.1, 0.15) is 12.5 Å². The zero-order valence-electron chi connectivity index (χ0n) is 12.0.